The van der Waals surface area contributed by atoms with Crippen molar-refractivity contribution in [3.63, 3.8) is 0 Å². The van der Waals surface area contributed by atoms with E-state index in [0.29, 0.717) is 24.1 Å². The Hall–Kier alpha value is -2.91. The van der Waals surface area contributed by atoms with E-state index < -0.39 is 11.3 Å². The Morgan fingerprint density at radius 3 is 2.34 bits per heavy atom. The van der Waals surface area contributed by atoms with Gasteiger partial charge >= 0.3 is 0 Å². The third kappa shape index (κ3) is 4.63. The summed E-state index contributed by atoms with van der Waals surface area (Å²) in [5.74, 6) is 0.132. The zero-order chi connectivity index (χ0) is 22.8. The molecule has 1 fully saturated rings. The first-order valence-corrected chi connectivity index (χ1v) is 10.5. The van der Waals surface area contributed by atoms with E-state index in [9.17, 15) is 5.11 Å². The molecule has 1 aliphatic carbocycles. The van der Waals surface area contributed by atoms with Crippen molar-refractivity contribution < 1.29 is 14.6 Å². The van der Waals surface area contributed by atoms with Crippen LogP contribution in [0.15, 0.2) is 0 Å². The molecule has 0 amide bonds. The summed E-state index contributed by atoms with van der Waals surface area (Å²) in [4.78, 5) is 0. The lowest BCUT2D eigenvalue weighted by molar-refractivity contribution is -0.268. The van der Waals surface area contributed by atoms with Crippen LogP contribution in [0, 0.1) is 0 Å². The summed E-state index contributed by atoms with van der Waals surface area (Å²) in [5, 5.41) is 45.5. The number of aliphatic hydroxyl groups is 1. The average Bonchev–Trinajstić information content (AvgIpc) is 3.13. The van der Waals surface area contributed by atoms with Gasteiger partial charge in [0.15, 0.2) is 11.6 Å². The minimum absolute atomic E-state index is 0.0281. The Kier molecular flexibility index (Phi) is 6.21. The lowest BCUT2D eigenvalue weighted by atomic mass is 10.1. The van der Waals surface area contributed by atoms with Crippen LogP contribution in [0.5, 0.6) is 0 Å². The maximum absolute atomic E-state index is 9.89. The van der Waals surface area contributed by atoms with Crippen LogP contribution in [0.4, 0.5) is 0 Å². The van der Waals surface area contributed by atoms with Crippen LogP contribution >= 0.6 is 0 Å². The van der Waals surface area contributed by atoms with E-state index in [1.54, 1.807) is 11.7 Å². The van der Waals surface area contributed by atoms with Crippen LogP contribution in [-0.4, -0.2) is 78.9 Å². The minimum Gasteiger partial charge on any atom is -0.396 e. The summed E-state index contributed by atoms with van der Waals surface area (Å²) >= 11 is 0. The smallest absolute Gasteiger partial charge is 0.234 e. The second-order valence-electron chi connectivity index (χ2n) is 8.69. The van der Waals surface area contributed by atoms with Crippen LogP contribution < -0.4 is 0 Å². The Morgan fingerprint density at radius 1 is 0.969 bits per heavy atom. The maximum atomic E-state index is 9.89. The van der Waals surface area contributed by atoms with Crippen molar-refractivity contribution >= 4 is 0 Å². The predicted octanol–water partition coefficient (Wildman–Crippen LogP) is -0.716. The Bertz CT molecular complexity index is 1020. The maximum Gasteiger partial charge on any atom is 0.234 e. The van der Waals surface area contributed by atoms with Crippen molar-refractivity contribution in [2.45, 2.75) is 70.4 Å². The molecule has 15 nitrogen and oxygen atoms in total. The molecule has 3 aromatic heterocycles. The monoisotopic (exact) mass is 448 g/mol. The van der Waals surface area contributed by atoms with Gasteiger partial charge in [-0.1, -0.05) is 0 Å². The quantitative estimate of drug-likeness (QED) is 0.366. The fourth-order valence-electron chi connectivity index (χ4n) is 3.29. The Balaban J connectivity index is 1.60. The van der Waals surface area contributed by atoms with Crippen LogP contribution in [-0.2, 0) is 40.9 Å². The van der Waals surface area contributed by atoms with Gasteiger partial charge in [0.25, 0.3) is 0 Å². The highest BCUT2D eigenvalue weighted by Crippen LogP contribution is 2.35. The number of ether oxygens (including phenoxy) is 2. The number of aromatic nitrogens is 12. The molecule has 0 spiro atoms. The van der Waals surface area contributed by atoms with Crippen molar-refractivity contribution in [2.24, 2.45) is 7.05 Å². The fraction of sp³-hybridized carbons (Fsp3) is 0.824. The number of hydrogen-bond donors (Lipinski definition) is 1. The first-order chi connectivity index (χ1) is 15.3. The third-order valence-corrected chi connectivity index (χ3v) is 5.14. The highest BCUT2D eigenvalue weighted by atomic mass is 16.7. The zero-order valence-corrected chi connectivity index (χ0v) is 18.7. The predicted molar refractivity (Wildman–Crippen MR) is 106 cm³/mol. The van der Waals surface area contributed by atoms with Gasteiger partial charge in [0.2, 0.25) is 11.6 Å². The van der Waals surface area contributed by atoms with Crippen LogP contribution in [0.3, 0.4) is 0 Å². The van der Waals surface area contributed by atoms with E-state index in [1.807, 2.05) is 25.5 Å². The molecule has 1 atom stereocenters. The summed E-state index contributed by atoms with van der Waals surface area (Å²) in [6, 6.07) is 0.357. The zero-order valence-electron chi connectivity index (χ0n) is 18.7. The van der Waals surface area contributed by atoms with Crippen molar-refractivity contribution in [1.82, 2.24) is 60.6 Å². The molecule has 4 rings (SSSR count). The average molecular weight is 448 g/mol. The molecular weight excluding hydrogens is 420 g/mol. The second-order valence-corrected chi connectivity index (χ2v) is 8.69. The highest BCUT2D eigenvalue weighted by Gasteiger charge is 2.42. The van der Waals surface area contributed by atoms with Gasteiger partial charge in [-0.15, -0.1) is 15.3 Å². The SMILES string of the molecule is Cn1nnnc1COC(CCO)(OCCc1nnnn1C1CC1)c1nnnn1C(C)(C)C. The molecule has 3 aromatic rings. The number of rotatable bonds is 11. The van der Waals surface area contributed by atoms with Crippen molar-refractivity contribution in [2.75, 3.05) is 13.2 Å². The molecule has 0 bridgehead atoms. The van der Waals surface area contributed by atoms with Crippen LogP contribution in [0.1, 0.15) is 63.5 Å². The minimum atomic E-state index is -1.44. The Morgan fingerprint density at radius 2 is 1.69 bits per heavy atom. The number of aryl methyl sites for hydroxylation is 1. The van der Waals surface area contributed by atoms with Gasteiger partial charge in [0, 0.05) is 26.5 Å². The summed E-state index contributed by atoms with van der Waals surface area (Å²) in [6.45, 7) is 5.93. The van der Waals surface area contributed by atoms with Gasteiger partial charge in [0.1, 0.15) is 6.61 Å². The summed E-state index contributed by atoms with van der Waals surface area (Å²) in [7, 11) is 1.71. The van der Waals surface area contributed by atoms with Crippen molar-refractivity contribution in [3.05, 3.63) is 17.5 Å². The van der Waals surface area contributed by atoms with E-state index in [2.05, 4.69) is 46.6 Å². The summed E-state index contributed by atoms with van der Waals surface area (Å²) in [6.07, 6.45) is 2.70. The van der Waals surface area contributed by atoms with Crippen LogP contribution in [0.2, 0.25) is 0 Å². The second kappa shape index (κ2) is 8.91. The van der Waals surface area contributed by atoms with Gasteiger partial charge in [-0.3, -0.25) is 0 Å². The number of hydrogen-bond acceptors (Lipinski definition) is 12. The normalized spacial score (nSPS) is 16.4. The lowest BCUT2D eigenvalue weighted by Crippen LogP contribution is -2.41. The molecule has 0 saturated heterocycles. The molecule has 174 valence electrons. The summed E-state index contributed by atoms with van der Waals surface area (Å²) in [5.41, 5.74) is -0.450. The number of nitrogens with zero attached hydrogens (tertiary/aromatic N) is 12. The van der Waals surface area contributed by atoms with Gasteiger partial charge in [-0.2, -0.15) is 0 Å². The largest absolute Gasteiger partial charge is 0.396 e. The van der Waals surface area contributed by atoms with Gasteiger partial charge in [-0.05, 0) is 64.9 Å². The van der Waals surface area contributed by atoms with E-state index in [-0.39, 0.29) is 26.2 Å². The van der Waals surface area contributed by atoms with Crippen molar-refractivity contribution in [1.29, 1.82) is 0 Å². The fourth-order valence-corrected chi connectivity index (χ4v) is 3.29. The highest BCUT2D eigenvalue weighted by molar-refractivity contribution is 5.00. The molecule has 0 aromatic carbocycles. The molecule has 0 radical (unpaired) electrons. The van der Waals surface area contributed by atoms with E-state index in [0.717, 1.165) is 18.7 Å². The van der Waals surface area contributed by atoms with E-state index in [1.165, 1.54) is 4.68 Å². The standard InChI is InChI=1S/C17H28N12O3/c1-16(2,3)29-15(20-23-26-29)17(8-9-30,32-11-14-19-21-24-27(14)4)31-10-7-13-18-22-25-28(13)12-5-6-12/h12,30H,5-11H2,1-4H3. The van der Waals surface area contributed by atoms with Gasteiger partial charge in [0.05, 0.1) is 18.2 Å². The topological polar surface area (TPSA) is 169 Å². The van der Waals surface area contributed by atoms with Crippen LogP contribution in [0.25, 0.3) is 0 Å². The molecule has 1 saturated carbocycles. The van der Waals surface area contributed by atoms with Crippen molar-refractivity contribution in [3.8, 4) is 0 Å². The first-order valence-electron chi connectivity index (χ1n) is 10.5. The lowest BCUT2D eigenvalue weighted by Gasteiger charge is -2.34. The molecule has 0 aliphatic heterocycles. The van der Waals surface area contributed by atoms with E-state index in [4.69, 9.17) is 9.47 Å². The first kappa shape index (κ1) is 22.3. The van der Waals surface area contributed by atoms with Gasteiger partial charge < -0.3 is 14.6 Å². The molecule has 15 heteroatoms. The summed E-state index contributed by atoms with van der Waals surface area (Å²) < 4.78 is 17.5. The third-order valence-electron chi connectivity index (χ3n) is 5.14. The molecule has 32 heavy (non-hydrogen) atoms. The molecular formula is C17H28N12O3. The molecule has 1 unspecified atom stereocenters. The Labute approximate surface area is 184 Å². The molecule has 3 heterocycles. The van der Waals surface area contributed by atoms with Gasteiger partial charge in [-0.25, -0.2) is 14.0 Å². The molecule has 1 N–H and O–H groups in total. The molecule has 1 aliphatic rings. The van der Waals surface area contributed by atoms with E-state index >= 15 is 0 Å². The number of aliphatic hydroxyl groups excluding tert-OH is 1. The number of tetrazole rings is 3.